The van der Waals surface area contributed by atoms with Gasteiger partial charge in [-0.2, -0.15) is 0 Å². The lowest BCUT2D eigenvalue weighted by Gasteiger charge is -2.22. The lowest BCUT2D eigenvalue weighted by Crippen LogP contribution is -2.26. The lowest BCUT2D eigenvalue weighted by atomic mass is 10.1. The Bertz CT molecular complexity index is 487. The minimum Gasteiger partial charge on any atom is -0.392 e. The van der Waals surface area contributed by atoms with Gasteiger partial charge in [0.1, 0.15) is 15.7 Å². The fraction of sp³-hybridized carbons (Fsp3) is 0.455. The first-order chi connectivity index (χ1) is 7.85. The van der Waals surface area contributed by atoms with Crippen LogP contribution in [0.2, 0.25) is 0 Å². The zero-order valence-corrected chi connectivity index (χ0v) is 10.7. The highest BCUT2D eigenvalue weighted by Crippen LogP contribution is 2.23. The lowest BCUT2D eigenvalue weighted by molar-refractivity contribution is 0.281. The van der Waals surface area contributed by atoms with Crippen LogP contribution in [-0.2, 0) is 16.4 Å². The number of halogens is 1. The molecule has 0 unspecified atom stereocenters. The molecule has 0 saturated heterocycles. The summed E-state index contributed by atoms with van der Waals surface area (Å²) in [6.07, 6.45) is 1.13. The largest absolute Gasteiger partial charge is 0.392 e. The molecular formula is C11H16FNO3S. The second kappa shape index (κ2) is 5.46. The third-order valence-corrected chi connectivity index (χ3v) is 3.34. The van der Waals surface area contributed by atoms with Crippen molar-refractivity contribution in [3.05, 3.63) is 29.6 Å². The summed E-state index contributed by atoms with van der Waals surface area (Å²) in [5.74, 6) is -0.518. The van der Waals surface area contributed by atoms with Crippen LogP contribution in [0.5, 0.6) is 0 Å². The second-order valence-corrected chi connectivity index (χ2v) is 6.22. The number of hydrogen-bond donors (Lipinski definition) is 1. The highest BCUT2D eigenvalue weighted by atomic mass is 32.2. The Morgan fingerprint density at radius 1 is 1.41 bits per heavy atom. The Morgan fingerprint density at radius 3 is 2.59 bits per heavy atom. The van der Waals surface area contributed by atoms with Gasteiger partial charge in [-0.1, -0.05) is 12.1 Å². The predicted molar refractivity (Wildman–Crippen MR) is 65.3 cm³/mol. The van der Waals surface area contributed by atoms with Gasteiger partial charge in [0, 0.05) is 25.4 Å². The topological polar surface area (TPSA) is 57.6 Å². The molecule has 0 amide bonds. The van der Waals surface area contributed by atoms with Crippen molar-refractivity contribution < 1.29 is 17.9 Å². The van der Waals surface area contributed by atoms with Gasteiger partial charge in [0.25, 0.3) is 0 Å². The molecule has 96 valence electrons. The Balaban J connectivity index is 2.92. The van der Waals surface area contributed by atoms with Gasteiger partial charge >= 0.3 is 0 Å². The summed E-state index contributed by atoms with van der Waals surface area (Å²) >= 11 is 0. The van der Waals surface area contributed by atoms with Gasteiger partial charge < -0.3 is 10.0 Å². The Hall–Kier alpha value is -1.14. The van der Waals surface area contributed by atoms with Crippen LogP contribution in [-0.4, -0.2) is 39.1 Å². The minimum atomic E-state index is -3.09. The van der Waals surface area contributed by atoms with Gasteiger partial charge in [0.15, 0.2) is 0 Å². The van der Waals surface area contributed by atoms with Crippen molar-refractivity contribution in [2.24, 2.45) is 0 Å². The summed E-state index contributed by atoms with van der Waals surface area (Å²) in [6, 6.07) is 4.40. The molecule has 6 heteroatoms. The van der Waals surface area contributed by atoms with Crippen LogP contribution in [0.1, 0.15) is 5.56 Å². The van der Waals surface area contributed by atoms with E-state index in [-0.39, 0.29) is 24.6 Å². The summed E-state index contributed by atoms with van der Waals surface area (Å²) in [6.45, 7) is -0.0942. The van der Waals surface area contributed by atoms with Gasteiger partial charge in [-0.3, -0.25) is 0 Å². The van der Waals surface area contributed by atoms with E-state index in [9.17, 15) is 12.8 Å². The standard InChI is InChI=1S/C11H16FNO3S/c1-13(6-7-17(2,15)16)11-9(8-14)4-3-5-10(11)12/h3-5,14H,6-8H2,1-2H3. The van der Waals surface area contributed by atoms with Crippen LogP contribution in [0.3, 0.4) is 0 Å². The molecular weight excluding hydrogens is 245 g/mol. The number of hydrogen-bond acceptors (Lipinski definition) is 4. The van der Waals surface area contributed by atoms with Crippen LogP contribution in [0, 0.1) is 5.82 Å². The van der Waals surface area contributed by atoms with Gasteiger partial charge in [-0.25, -0.2) is 12.8 Å². The third kappa shape index (κ3) is 3.98. The summed E-state index contributed by atoms with van der Waals surface area (Å²) in [7, 11) is -1.49. The van der Waals surface area contributed by atoms with Crippen molar-refractivity contribution in [1.29, 1.82) is 0 Å². The third-order valence-electron chi connectivity index (χ3n) is 2.42. The Kier molecular flexibility index (Phi) is 4.47. The van der Waals surface area contributed by atoms with Gasteiger partial charge in [0.05, 0.1) is 18.0 Å². The molecule has 1 aromatic rings. The maximum Gasteiger partial charge on any atom is 0.149 e. The van der Waals surface area contributed by atoms with E-state index in [0.717, 1.165) is 6.26 Å². The van der Waals surface area contributed by atoms with Crippen molar-refractivity contribution >= 4 is 15.5 Å². The minimum absolute atomic E-state index is 0.0529. The zero-order valence-electron chi connectivity index (χ0n) is 9.85. The van der Waals surface area contributed by atoms with E-state index >= 15 is 0 Å². The fourth-order valence-electron chi connectivity index (χ4n) is 1.53. The van der Waals surface area contributed by atoms with Crippen molar-refractivity contribution in [3.8, 4) is 0 Å². The maximum atomic E-state index is 13.6. The molecule has 0 spiro atoms. The van der Waals surface area contributed by atoms with Crippen LogP contribution in [0.25, 0.3) is 0 Å². The molecule has 1 aromatic carbocycles. The summed E-state index contributed by atoms with van der Waals surface area (Å²) < 4.78 is 35.7. The smallest absolute Gasteiger partial charge is 0.149 e. The fourth-order valence-corrected chi connectivity index (χ4v) is 2.14. The molecule has 0 aromatic heterocycles. The number of aliphatic hydroxyl groups is 1. The number of benzene rings is 1. The molecule has 17 heavy (non-hydrogen) atoms. The van der Waals surface area contributed by atoms with Crippen LogP contribution < -0.4 is 4.90 Å². The van der Waals surface area contributed by atoms with E-state index in [1.807, 2.05) is 0 Å². The molecule has 1 rings (SSSR count). The second-order valence-electron chi connectivity index (χ2n) is 3.96. The highest BCUT2D eigenvalue weighted by molar-refractivity contribution is 7.90. The molecule has 0 aliphatic heterocycles. The number of sulfone groups is 1. The molecule has 4 nitrogen and oxygen atoms in total. The number of nitrogens with zero attached hydrogens (tertiary/aromatic N) is 1. The van der Waals surface area contributed by atoms with Crippen molar-refractivity contribution in [2.45, 2.75) is 6.61 Å². The quantitative estimate of drug-likeness (QED) is 0.851. The van der Waals surface area contributed by atoms with Crippen molar-refractivity contribution in [2.75, 3.05) is 30.5 Å². The molecule has 0 aliphatic carbocycles. The van der Waals surface area contributed by atoms with Crippen LogP contribution >= 0.6 is 0 Å². The number of rotatable bonds is 5. The van der Waals surface area contributed by atoms with Gasteiger partial charge in [-0.15, -0.1) is 0 Å². The Morgan fingerprint density at radius 2 is 2.06 bits per heavy atom. The summed E-state index contributed by atoms with van der Waals surface area (Å²) in [5.41, 5.74) is 0.694. The molecule has 0 fully saturated rings. The first-order valence-corrected chi connectivity index (χ1v) is 7.18. The van der Waals surface area contributed by atoms with E-state index in [0.29, 0.717) is 5.56 Å². The first kappa shape index (κ1) is 13.9. The van der Waals surface area contributed by atoms with E-state index in [1.54, 1.807) is 13.1 Å². The first-order valence-electron chi connectivity index (χ1n) is 5.12. The molecule has 0 bridgehead atoms. The number of anilines is 1. The van der Waals surface area contributed by atoms with E-state index in [1.165, 1.54) is 17.0 Å². The summed E-state index contributed by atoms with van der Waals surface area (Å²) in [4.78, 5) is 1.50. The molecule has 1 N–H and O–H groups in total. The zero-order chi connectivity index (χ0) is 13.1. The molecule has 0 aliphatic rings. The van der Waals surface area contributed by atoms with Crippen molar-refractivity contribution in [3.63, 3.8) is 0 Å². The van der Waals surface area contributed by atoms with E-state index in [4.69, 9.17) is 5.11 Å². The van der Waals surface area contributed by atoms with Crippen LogP contribution in [0.4, 0.5) is 10.1 Å². The average Bonchev–Trinajstić information content (AvgIpc) is 2.24. The van der Waals surface area contributed by atoms with Gasteiger partial charge in [-0.05, 0) is 6.07 Å². The van der Waals surface area contributed by atoms with E-state index < -0.39 is 15.7 Å². The number of para-hydroxylation sites is 1. The molecule has 0 radical (unpaired) electrons. The average molecular weight is 261 g/mol. The highest BCUT2D eigenvalue weighted by Gasteiger charge is 2.13. The SMILES string of the molecule is CN(CCS(C)(=O)=O)c1c(F)cccc1CO. The maximum absolute atomic E-state index is 13.6. The Labute approximate surface area is 101 Å². The molecule has 0 heterocycles. The predicted octanol–water partition coefficient (Wildman–Crippen LogP) is 0.799. The molecule has 0 atom stereocenters. The normalized spacial score (nSPS) is 11.5. The van der Waals surface area contributed by atoms with E-state index in [2.05, 4.69) is 0 Å². The van der Waals surface area contributed by atoms with Gasteiger partial charge in [0.2, 0.25) is 0 Å². The number of aliphatic hydroxyl groups excluding tert-OH is 1. The van der Waals surface area contributed by atoms with Crippen molar-refractivity contribution in [1.82, 2.24) is 0 Å². The monoisotopic (exact) mass is 261 g/mol. The molecule has 0 saturated carbocycles. The summed E-state index contributed by atoms with van der Waals surface area (Å²) in [5, 5.41) is 9.11. The van der Waals surface area contributed by atoms with Crippen LogP contribution in [0.15, 0.2) is 18.2 Å².